The van der Waals surface area contributed by atoms with Crippen molar-refractivity contribution in [3.8, 4) is 33.8 Å². The van der Waals surface area contributed by atoms with Crippen LogP contribution >= 0.6 is 0 Å². The number of aromatic nitrogens is 1. The molecular formula is C25H23NO2. The Balaban J connectivity index is 1.83. The van der Waals surface area contributed by atoms with Gasteiger partial charge in [0.05, 0.1) is 12.0 Å². The van der Waals surface area contributed by atoms with Crippen molar-refractivity contribution in [2.75, 3.05) is 0 Å². The predicted octanol–water partition coefficient (Wildman–Crippen LogP) is 6.98. The summed E-state index contributed by atoms with van der Waals surface area (Å²) in [6.45, 7) is 2.10. The Morgan fingerprint density at radius 3 is 2.46 bits per heavy atom. The topological polar surface area (TPSA) is 46.0 Å². The quantitative estimate of drug-likeness (QED) is 0.357. The second-order valence-corrected chi connectivity index (χ2v) is 6.89. The molecule has 0 fully saturated rings. The van der Waals surface area contributed by atoms with Crippen molar-refractivity contribution in [1.29, 1.82) is 0 Å². The molecule has 0 unspecified atom stereocenters. The molecule has 2 heterocycles. The molecule has 0 atom stereocenters. The Morgan fingerprint density at radius 2 is 1.71 bits per heavy atom. The third-order valence-corrected chi connectivity index (χ3v) is 4.95. The largest absolute Gasteiger partial charge is 0.463 e. The number of ketones is 1. The number of hydrogen-bond acceptors (Lipinski definition) is 2. The molecule has 3 heteroatoms. The lowest BCUT2D eigenvalue weighted by atomic mass is 9.97. The van der Waals surface area contributed by atoms with Gasteiger partial charge in [0.1, 0.15) is 0 Å². The second kappa shape index (κ2) is 8.13. The van der Waals surface area contributed by atoms with Gasteiger partial charge in [-0.25, -0.2) is 0 Å². The van der Waals surface area contributed by atoms with E-state index in [1.54, 1.807) is 6.26 Å². The number of rotatable bonds is 7. The highest BCUT2D eigenvalue weighted by molar-refractivity contribution is 6.02. The van der Waals surface area contributed by atoms with E-state index in [9.17, 15) is 4.79 Å². The molecule has 2 aromatic carbocycles. The Kier molecular flexibility index (Phi) is 5.24. The molecule has 4 aromatic rings. The lowest BCUT2D eigenvalue weighted by Gasteiger charge is -2.07. The number of nitrogens with one attached hydrogen (secondary N) is 1. The Bertz CT molecular complexity index is 1060. The molecule has 140 valence electrons. The summed E-state index contributed by atoms with van der Waals surface area (Å²) in [5.41, 5.74) is 5.70. The number of unbranched alkanes of at least 4 members (excludes halogenated alkanes) is 1. The van der Waals surface area contributed by atoms with Gasteiger partial charge in [-0.15, -0.1) is 0 Å². The number of aromatic amines is 1. The van der Waals surface area contributed by atoms with Crippen molar-refractivity contribution in [3.05, 3.63) is 84.6 Å². The van der Waals surface area contributed by atoms with Crippen LogP contribution in [0.3, 0.4) is 0 Å². The first kappa shape index (κ1) is 18.1. The predicted molar refractivity (Wildman–Crippen MR) is 113 cm³/mol. The van der Waals surface area contributed by atoms with Crippen LogP contribution in [0, 0.1) is 0 Å². The zero-order valence-electron chi connectivity index (χ0n) is 15.9. The smallest absolute Gasteiger partial charge is 0.163 e. The molecule has 28 heavy (non-hydrogen) atoms. The fourth-order valence-electron chi connectivity index (χ4n) is 3.49. The normalized spacial score (nSPS) is 10.9. The zero-order chi connectivity index (χ0) is 19.3. The molecule has 4 rings (SSSR count). The van der Waals surface area contributed by atoms with Crippen LogP contribution in [0.25, 0.3) is 33.8 Å². The highest BCUT2D eigenvalue weighted by Gasteiger charge is 2.18. The molecule has 0 saturated carbocycles. The fraction of sp³-hybridized carbons (Fsp3) is 0.160. The zero-order valence-corrected chi connectivity index (χ0v) is 15.9. The first-order valence-electron chi connectivity index (χ1n) is 9.73. The van der Waals surface area contributed by atoms with Crippen LogP contribution in [-0.2, 0) is 0 Å². The third-order valence-electron chi connectivity index (χ3n) is 4.95. The van der Waals surface area contributed by atoms with Gasteiger partial charge in [-0.1, -0.05) is 67.9 Å². The van der Waals surface area contributed by atoms with E-state index in [-0.39, 0.29) is 5.78 Å². The van der Waals surface area contributed by atoms with Crippen LogP contribution < -0.4 is 0 Å². The number of Topliss-reactive ketones (excluding diaryl/α,β-unsaturated/α-hetero) is 1. The second-order valence-electron chi connectivity index (χ2n) is 6.89. The van der Waals surface area contributed by atoms with Gasteiger partial charge >= 0.3 is 0 Å². The minimum absolute atomic E-state index is 0.188. The third kappa shape index (κ3) is 3.56. The molecule has 3 nitrogen and oxygen atoms in total. The van der Waals surface area contributed by atoms with Crippen LogP contribution in [-0.4, -0.2) is 10.8 Å². The van der Waals surface area contributed by atoms with Crippen molar-refractivity contribution in [2.24, 2.45) is 0 Å². The number of hydrogen-bond donors (Lipinski definition) is 1. The number of carbonyl (C=O) groups excluding carboxylic acids is 1. The molecule has 1 N–H and O–H groups in total. The average molecular weight is 369 g/mol. The van der Waals surface area contributed by atoms with E-state index in [1.807, 2.05) is 54.6 Å². The van der Waals surface area contributed by atoms with Gasteiger partial charge in [0.15, 0.2) is 11.5 Å². The maximum absolute atomic E-state index is 12.8. The molecule has 0 saturated heterocycles. The summed E-state index contributed by atoms with van der Waals surface area (Å²) in [6.07, 6.45) is 4.17. The van der Waals surface area contributed by atoms with Gasteiger partial charge in [-0.3, -0.25) is 4.79 Å². The number of carbonyl (C=O) groups is 1. The van der Waals surface area contributed by atoms with Crippen LogP contribution in [0.1, 0.15) is 36.5 Å². The molecule has 0 radical (unpaired) electrons. The summed E-state index contributed by atoms with van der Waals surface area (Å²) < 4.78 is 5.66. The lowest BCUT2D eigenvalue weighted by molar-refractivity contribution is 0.0980. The Labute approximate surface area is 165 Å². The SMILES string of the molecule is CCCCC(=O)c1ccccc1-c1cc(-c2ccccc2)c(-c2ccco2)[nH]1. The van der Waals surface area contributed by atoms with Gasteiger partial charge in [-0.2, -0.15) is 0 Å². The van der Waals surface area contributed by atoms with Crippen LogP contribution in [0.15, 0.2) is 83.5 Å². The summed E-state index contributed by atoms with van der Waals surface area (Å²) in [7, 11) is 0. The summed E-state index contributed by atoms with van der Waals surface area (Å²) in [4.78, 5) is 16.3. The number of H-pyrrole nitrogens is 1. The van der Waals surface area contributed by atoms with Gasteiger partial charge in [0.2, 0.25) is 0 Å². The summed E-state index contributed by atoms with van der Waals surface area (Å²) in [5.74, 6) is 0.966. The van der Waals surface area contributed by atoms with E-state index in [0.29, 0.717) is 6.42 Å². The first-order valence-corrected chi connectivity index (χ1v) is 9.73. The van der Waals surface area contributed by atoms with Crippen LogP contribution in [0.2, 0.25) is 0 Å². The van der Waals surface area contributed by atoms with Gasteiger partial charge in [0.25, 0.3) is 0 Å². The molecule has 0 aliphatic heterocycles. The number of benzene rings is 2. The van der Waals surface area contributed by atoms with E-state index in [2.05, 4.69) is 30.1 Å². The standard InChI is InChI=1S/C25H23NO2/c1-2-3-14-23(27)20-13-8-7-12-19(20)22-17-21(18-10-5-4-6-11-18)25(26-22)24-15-9-16-28-24/h4-13,15-17,26H,2-3,14H2,1H3. The Hall–Kier alpha value is -3.33. The molecule has 0 aliphatic rings. The van der Waals surface area contributed by atoms with E-state index in [4.69, 9.17) is 4.42 Å². The van der Waals surface area contributed by atoms with Gasteiger partial charge in [-0.05, 0) is 30.2 Å². The molecule has 0 aliphatic carbocycles. The molecule has 0 bridgehead atoms. The van der Waals surface area contributed by atoms with Crippen LogP contribution in [0.4, 0.5) is 0 Å². The van der Waals surface area contributed by atoms with E-state index >= 15 is 0 Å². The minimum atomic E-state index is 0.188. The van der Waals surface area contributed by atoms with E-state index in [1.165, 1.54) is 0 Å². The molecule has 2 aromatic heterocycles. The lowest BCUT2D eigenvalue weighted by Crippen LogP contribution is -2.01. The first-order chi connectivity index (χ1) is 13.8. The van der Waals surface area contributed by atoms with E-state index in [0.717, 1.165) is 52.2 Å². The Morgan fingerprint density at radius 1 is 0.929 bits per heavy atom. The van der Waals surface area contributed by atoms with Crippen LogP contribution in [0.5, 0.6) is 0 Å². The van der Waals surface area contributed by atoms with Crippen molar-refractivity contribution in [2.45, 2.75) is 26.2 Å². The highest BCUT2D eigenvalue weighted by Crippen LogP contribution is 2.37. The van der Waals surface area contributed by atoms with Crippen molar-refractivity contribution >= 4 is 5.78 Å². The average Bonchev–Trinajstić information content (AvgIpc) is 3.42. The molecular weight excluding hydrogens is 346 g/mol. The van der Waals surface area contributed by atoms with Crippen molar-refractivity contribution in [1.82, 2.24) is 4.98 Å². The summed E-state index contributed by atoms with van der Waals surface area (Å²) in [5, 5.41) is 0. The fourth-order valence-corrected chi connectivity index (χ4v) is 3.49. The number of furan rings is 1. The van der Waals surface area contributed by atoms with E-state index < -0.39 is 0 Å². The van der Waals surface area contributed by atoms with Gasteiger partial charge in [0, 0.05) is 28.8 Å². The molecule has 0 spiro atoms. The maximum atomic E-state index is 12.8. The monoisotopic (exact) mass is 369 g/mol. The minimum Gasteiger partial charge on any atom is -0.463 e. The van der Waals surface area contributed by atoms with Crippen molar-refractivity contribution in [3.63, 3.8) is 0 Å². The molecule has 0 amide bonds. The summed E-state index contributed by atoms with van der Waals surface area (Å²) in [6, 6.07) is 24.0. The van der Waals surface area contributed by atoms with Crippen molar-refractivity contribution < 1.29 is 9.21 Å². The summed E-state index contributed by atoms with van der Waals surface area (Å²) >= 11 is 0. The van der Waals surface area contributed by atoms with Gasteiger partial charge < -0.3 is 9.40 Å². The maximum Gasteiger partial charge on any atom is 0.163 e. The highest BCUT2D eigenvalue weighted by atomic mass is 16.3.